The van der Waals surface area contributed by atoms with E-state index in [1.165, 1.54) is 29.5 Å². The van der Waals surface area contributed by atoms with E-state index in [1.54, 1.807) is 18.2 Å². The summed E-state index contributed by atoms with van der Waals surface area (Å²) in [7, 11) is 0. The molecule has 0 aliphatic carbocycles. The first kappa shape index (κ1) is 16.9. The van der Waals surface area contributed by atoms with Crippen LogP contribution in [0.3, 0.4) is 0 Å². The Labute approximate surface area is 137 Å². The molecule has 0 unspecified atom stereocenters. The standard InChI is InChI=1S/C17H17FN2O2S/c1-3-13-10(2)23-17(15(13)16(19)22)20-14(21)9-6-11-4-7-12(18)8-5-11/h4-9H,3H2,1-2H3,(H2,19,22)(H,20,21)/b9-6+. The number of amides is 2. The lowest BCUT2D eigenvalue weighted by molar-refractivity contribution is -0.111. The number of hydrogen-bond donors (Lipinski definition) is 2. The Morgan fingerprint density at radius 2 is 1.96 bits per heavy atom. The van der Waals surface area contributed by atoms with Gasteiger partial charge in [-0.1, -0.05) is 19.1 Å². The third kappa shape index (κ3) is 4.04. The lowest BCUT2D eigenvalue weighted by atomic mass is 10.1. The molecule has 0 radical (unpaired) electrons. The minimum Gasteiger partial charge on any atom is -0.365 e. The molecule has 4 nitrogen and oxygen atoms in total. The quantitative estimate of drug-likeness (QED) is 0.823. The van der Waals surface area contributed by atoms with Gasteiger partial charge < -0.3 is 11.1 Å². The zero-order chi connectivity index (χ0) is 17.0. The fourth-order valence-electron chi connectivity index (χ4n) is 2.25. The Bertz CT molecular complexity index is 764. The Morgan fingerprint density at radius 1 is 1.30 bits per heavy atom. The first-order valence-corrected chi connectivity index (χ1v) is 7.90. The maximum atomic E-state index is 12.8. The summed E-state index contributed by atoms with van der Waals surface area (Å²) in [4.78, 5) is 24.6. The van der Waals surface area contributed by atoms with E-state index in [2.05, 4.69) is 5.32 Å². The van der Waals surface area contributed by atoms with E-state index in [-0.39, 0.29) is 11.7 Å². The zero-order valence-corrected chi connectivity index (χ0v) is 13.7. The van der Waals surface area contributed by atoms with Crippen molar-refractivity contribution in [1.29, 1.82) is 0 Å². The molecule has 2 amide bonds. The molecular weight excluding hydrogens is 315 g/mol. The van der Waals surface area contributed by atoms with E-state index in [1.807, 2.05) is 13.8 Å². The highest BCUT2D eigenvalue weighted by Crippen LogP contribution is 2.33. The van der Waals surface area contributed by atoms with Gasteiger partial charge in [0.25, 0.3) is 5.91 Å². The van der Waals surface area contributed by atoms with Gasteiger partial charge in [0, 0.05) is 11.0 Å². The van der Waals surface area contributed by atoms with Crippen LogP contribution in [0.2, 0.25) is 0 Å². The van der Waals surface area contributed by atoms with E-state index in [4.69, 9.17) is 5.73 Å². The summed E-state index contributed by atoms with van der Waals surface area (Å²) in [5.41, 5.74) is 7.36. The maximum absolute atomic E-state index is 12.8. The van der Waals surface area contributed by atoms with E-state index >= 15 is 0 Å². The van der Waals surface area contributed by atoms with Gasteiger partial charge in [0.1, 0.15) is 10.8 Å². The zero-order valence-electron chi connectivity index (χ0n) is 12.9. The van der Waals surface area contributed by atoms with Crippen LogP contribution in [-0.4, -0.2) is 11.8 Å². The van der Waals surface area contributed by atoms with Crippen LogP contribution in [0.1, 0.15) is 33.3 Å². The SMILES string of the molecule is CCc1c(C)sc(NC(=O)/C=C/c2ccc(F)cc2)c1C(N)=O. The summed E-state index contributed by atoms with van der Waals surface area (Å²) in [6, 6.07) is 5.77. The molecular formula is C17H17FN2O2S. The molecule has 3 N–H and O–H groups in total. The molecule has 0 atom stereocenters. The Hall–Kier alpha value is -2.47. The van der Waals surface area contributed by atoms with Crippen molar-refractivity contribution < 1.29 is 14.0 Å². The van der Waals surface area contributed by atoms with E-state index in [0.29, 0.717) is 22.5 Å². The van der Waals surface area contributed by atoms with Crippen molar-refractivity contribution in [2.24, 2.45) is 5.73 Å². The number of nitrogens with one attached hydrogen (secondary N) is 1. The number of nitrogens with two attached hydrogens (primary N) is 1. The van der Waals surface area contributed by atoms with Gasteiger partial charge in [-0.15, -0.1) is 11.3 Å². The van der Waals surface area contributed by atoms with E-state index < -0.39 is 5.91 Å². The van der Waals surface area contributed by atoms with Gasteiger partial charge in [0.15, 0.2) is 0 Å². The van der Waals surface area contributed by atoms with Crippen LogP contribution in [0.4, 0.5) is 9.39 Å². The summed E-state index contributed by atoms with van der Waals surface area (Å²) in [6.45, 7) is 3.82. The van der Waals surface area contributed by atoms with Gasteiger partial charge in [-0.3, -0.25) is 9.59 Å². The third-order valence-corrected chi connectivity index (χ3v) is 4.41. The molecule has 0 saturated carbocycles. The van der Waals surface area contributed by atoms with Crippen LogP contribution >= 0.6 is 11.3 Å². The molecule has 23 heavy (non-hydrogen) atoms. The van der Waals surface area contributed by atoms with Gasteiger partial charge in [0.2, 0.25) is 5.91 Å². The van der Waals surface area contributed by atoms with E-state index in [9.17, 15) is 14.0 Å². The fourth-order valence-corrected chi connectivity index (χ4v) is 3.41. The van der Waals surface area contributed by atoms with Crippen molar-refractivity contribution in [1.82, 2.24) is 0 Å². The maximum Gasteiger partial charge on any atom is 0.251 e. The molecule has 1 aromatic heterocycles. The van der Waals surface area contributed by atoms with Crippen LogP contribution in [-0.2, 0) is 11.2 Å². The van der Waals surface area contributed by atoms with Crippen molar-refractivity contribution in [3.8, 4) is 0 Å². The largest absolute Gasteiger partial charge is 0.365 e. The van der Waals surface area contributed by atoms with Crippen molar-refractivity contribution >= 4 is 34.2 Å². The minimum absolute atomic E-state index is 0.334. The predicted molar refractivity (Wildman–Crippen MR) is 91.0 cm³/mol. The number of rotatable bonds is 5. The van der Waals surface area contributed by atoms with Crippen molar-refractivity contribution in [3.63, 3.8) is 0 Å². The molecule has 0 spiro atoms. The normalized spacial score (nSPS) is 10.9. The number of anilines is 1. The highest BCUT2D eigenvalue weighted by molar-refractivity contribution is 7.16. The molecule has 0 aliphatic rings. The first-order chi connectivity index (χ1) is 10.9. The second-order valence-electron chi connectivity index (χ2n) is 4.93. The summed E-state index contributed by atoms with van der Waals surface area (Å²) in [6.07, 6.45) is 3.57. The molecule has 1 heterocycles. The van der Waals surface area contributed by atoms with Gasteiger partial charge in [-0.2, -0.15) is 0 Å². The molecule has 120 valence electrons. The number of benzene rings is 1. The number of thiophene rings is 1. The topological polar surface area (TPSA) is 72.2 Å². The van der Waals surface area contributed by atoms with Gasteiger partial charge in [-0.25, -0.2) is 4.39 Å². The van der Waals surface area contributed by atoms with Crippen molar-refractivity contribution in [2.45, 2.75) is 20.3 Å². The molecule has 2 rings (SSSR count). The number of aryl methyl sites for hydroxylation is 1. The summed E-state index contributed by atoms with van der Waals surface area (Å²) >= 11 is 1.33. The highest BCUT2D eigenvalue weighted by atomic mass is 32.1. The first-order valence-electron chi connectivity index (χ1n) is 7.09. The Morgan fingerprint density at radius 3 is 2.52 bits per heavy atom. The second-order valence-corrected chi connectivity index (χ2v) is 6.16. The Kier molecular flexibility index (Phi) is 5.28. The molecule has 6 heteroatoms. The lowest BCUT2D eigenvalue weighted by Gasteiger charge is -2.03. The summed E-state index contributed by atoms with van der Waals surface area (Å²) < 4.78 is 12.8. The van der Waals surface area contributed by atoms with Crippen molar-refractivity contribution in [2.75, 3.05) is 5.32 Å². The average Bonchev–Trinajstić information content (AvgIpc) is 2.82. The molecule has 2 aromatic rings. The number of halogens is 1. The van der Waals surface area contributed by atoms with Gasteiger partial charge >= 0.3 is 0 Å². The van der Waals surface area contributed by atoms with Gasteiger partial charge in [-0.05, 0) is 42.7 Å². The molecule has 1 aromatic carbocycles. The molecule has 0 bridgehead atoms. The van der Waals surface area contributed by atoms with Crippen LogP contribution in [0, 0.1) is 12.7 Å². The number of carbonyl (C=O) groups is 2. The highest BCUT2D eigenvalue weighted by Gasteiger charge is 2.19. The summed E-state index contributed by atoms with van der Waals surface area (Å²) in [5.74, 6) is -1.26. The third-order valence-electron chi connectivity index (χ3n) is 3.34. The number of carbonyl (C=O) groups excluding carboxylic acids is 2. The summed E-state index contributed by atoms with van der Waals surface area (Å²) in [5, 5.41) is 3.15. The molecule has 0 saturated heterocycles. The van der Waals surface area contributed by atoms with Crippen LogP contribution in [0.25, 0.3) is 6.08 Å². The molecule has 0 fully saturated rings. The fraction of sp³-hybridized carbons (Fsp3) is 0.176. The Balaban J connectivity index is 2.17. The van der Waals surface area contributed by atoms with Crippen LogP contribution in [0.5, 0.6) is 0 Å². The monoisotopic (exact) mass is 332 g/mol. The van der Waals surface area contributed by atoms with E-state index in [0.717, 1.165) is 10.4 Å². The number of primary amides is 1. The van der Waals surface area contributed by atoms with Crippen molar-refractivity contribution in [3.05, 3.63) is 57.7 Å². The average molecular weight is 332 g/mol. The minimum atomic E-state index is -0.552. The van der Waals surface area contributed by atoms with Crippen LogP contribution in [0.15, 0.2) is 30.3 Å². The van der Waals surface area contributed by atoms with Crippen LogP contribution < -0.4 is 11.1 Å². The second kappa shape index (κ2) is 7.19. The number of hydrogen-bond acceptors (Lipinski definition) is 3. The smallest absolute Gasteiger partial charge is 0.251 e. The predicted octanol–water partition coefficient (Wildman–Crippen LogP) is 3.51. The molecule has 0 aliphatic heterocycles. The van der Waals surface area contributed by atoms with Gasteiger partial charge in [0.05, 0.1) is 5.56 Å². The lowest BCUT2D eigenvalue weighted by Crippen LogP contribution is -2.16.